The molecule has 0 atom stereocenters. The lowest BCUT2D eigenvalue weighted by atomic mass is 10.1. The van der Waals surface area contributed by atoms with Gasteiger partial charge in [-0.3, -0.25) is 0 Å². The summed E-state index contributed by atoms with van der Waals surface area (Å²) in [6.45, 7) is 4.94. The van der Waals surface area contributed by atoms with Crippen molar-refractivity contribution in [2.75, 3.05) is 25.1 Å². The lowest BCUT2D eigenvalue weighted by Gasteiger charge is -2.12. The van der Waals surface area contributed by atoms with Crippen LogP contribution < -0.4 is 15.8 Å². The largest absolute Gasteiger partial charge is 0.383 e. The van der Waals surface area contributed by atoms with Crippen molar-refractivity contribution >= 4 is 21.5 Å². The highest BCUT2D eigenvalue weighted by molar-refractivity contribution is 7.88. The summed E-state index contributed by atoms with van der Waals surface area (Å²) in [6, 6.07) is 0. The van der Waals surface area contributed by atoms with Crippen LogP contribution in [0.15, 0.2) is 10.2 Å². The van der Waals surface area contributed by atoms with E-state index in [0.717, 1.165) is 23.9 Å². The van der Waals surface area contributed by atoms with Crippen LogP contribution in [0.3, 0.4) is 0 Å². The molecule has 114 valence electrons. The summed E-state index contributed by atoms with van der Waals surface area (Å²) in [6.07, 6.45) is 2.60. The zero-order valence-electron chi connectivity index (χ0n) is 11.9. The summed E-state index contributed by atoms with van der Waals surface area (Å²) in [5, 5.41) is 10.5. The van der Waals surface area contributed by atoms with Crippen molar-refractivity contribution in [2.24, 2.45) is 0 Å². The number of nitrogen functional groups attached to an aromatic ring is 1. The minimum Gasteiger partial charge on any atom is -0.383 e. The summed E-state index contributed by atoms with van der Waals surface area (Å²) in [5.41, 5.74) is 8.03. The first-order valence-corrected chi connectivity index (χ1v) is 8.21. The van der Waals surface area contributed by atoms with E-state index in [2.05, 4.69) is 25.0 Å². The fourth-order valence-electron chi connectivity index (χ4n) is 1.54. The third kappa shape index (κ3) is 5.17. The van der Waals surface area contributed by atoms with Gasteiger partial charge in [0.2, 0.25) is 10.0 Å². The summed E-state index contributed by atoms with van der Waals surface area (Å²) < 4.78 is 28.9. The van der Waals surface area contributed by atoms with Crippen molar-refractivity contribution in [1.29, 1.82) is 0 Å². The van der Waals surface area contributed by atoms with Gasteiger partial charge in [0, 0.05) is 13.1 Å². The predicted octanol–water partition coefficient (Wildman–Crippen LogP) is 0.322. The first-order chi connectivity index (χ1) is 9.35. The number of hydrogen-bond donors (Lipinski definition) is 3. The van der Waals surface area contributed by atoms with Crippen LogP contribution in [0.25, 0.3) is 5.70 Å². The van der Waals surface area contributed by atoms with Crippen LogP contribution in [0.4, 0.5) is 5.82 Å². The number of allylic oxidation sites excluding steroid dienone is 1. The lowest BCUT2D eigenvalue weighted by Crippen LogP contribution is -2.26. The highest BCUT2D eigenvalue weighted by atomic mass is 32.2. The third-order valence-corrected chi connectivity index (χ3v) is 3.46. The van der Waals surface area contributed by atoms with Gasteiger partial charge < -0.3 is 11.1 Å². The summed E-state index contributed by atoms with van der Waals surface area (Å²) in [5.74, 6) is 0.231. The van der Waals surface area contributed by atoms with Crippen molar-refractivity contribution in [3.05, 3.63) is 11.3 Å². The van der Waals surface area contributed by atoms with Gasteiger partial charge in [-0.15, -0.1) is 0 Å². The Morgan fingerprint density at radius 2 is 2.05 bits per heavy atom. The first-order valence-electron chi connectivity index (χ1n) is 6.31. The fourth-order valence-corrected chi connectivity index (χ4v) is 2.06. The Labute approximate surface area is 118 Å². The smallest absolute Gasteiger partial charge is 0.208 e. The molecule has 0 bridgehead atoms. The number of hydrogen-bond acceptors (Lipinski definition) is 7. The Morgan fingerprint density at radius 3 is 2.55 bits per heavy atom. The van der Waals surface area contributed by atoms with E-state index in [1.165, 1.54) is 0 Å². The van der Waals surface area contributed by atoms with E-state index in [1.54, 1.807) is 0 Å². The second-order valence-corrected chi connectivity index (χ2v) is 6.29. The molecule has 0 aliphatic heterocycles. The molecule has 1 aromatic heterocycles. The second-order valence-electron chi connectivity index (χ2n) is 4.45. The molecular formula is C11H21N5O3S. The van der Waals surface area contributed by atoms with Gasteiger partial charge in [0.05, 0.1) is 12.0 Å². The van der Waals surface area contributed by atoms with Crippen molar-refractivity contribution in [1.82, 2.24) is 20.4 Å². The number of nitrogens with zero attached hydrogens (tertiary/aromatic N) is 2. The molecule has 0 saturated carbocycles. The van der Waals surface area contributed by atoms with Crippen molar-refractivity contribution in [2.45, 2.75) is 26.7 Å². The van der Waals surface area contributed by atoms with Gasteiger partial charge in [0.15, 0.2) is 11.5 Å². The molecule has 0 radical (unpaired) electrons. The summed E-state index contributed by atoms with van der Waals surface area (Å²) in [4.78, 5) is 0. The van der Waals surface area contributed by atoms with Crippen molar-refractivity contribution < 1.29 is 13.0 Å². The molecule has 1 rings (SSSR count). The lowest BCUT2D eigenvalue weighted by molar-refractivity contribution is 0.307. The highest BCUT2D eigenvalue weighted by Gasteiger charge is 2.14. The standard InChI is InChI=1S/C11H21N5O3S/c1-4-8(2)9(10-11(12)16-19-15-10)13-6-5-7-14-20(3,17)18/h13-14H,4-7H2,1-3H3,(H2,12,16)/b9-8+. The molecule has 0 saturated heterocycles. The quantitative estimate of drug-likeness (QED) is 0.591. The average Bonchev–Trinajstić information content (AvgIpc) is 2.78. The second kappa shape index (κ2) is 7.25. The minimum atomic E-state index is -3.14. The first kappa shape index (κ1) is 16.4. The van der Waals surface area contributed by atoms with Gasteiger partial charge in [-0.2, -0.15) is 0 Å². The van der Waals surface area contributed by atoms with Crippen molar-refractivity contribution in [3.63, 3.8) is 0 Å². The molecule has 8 nitrogen and oxygen atoms in total. The Balaban J connectivity index is 2.59. The molecule has 0 aliphatic carbocycles. The molecule has 0 spiro atoms. The number of nitrogens with two attached hydrogens (primary N) is 1. The number of nitrogens with one attached hydrogen (secondary N) is 2. The molecule has 20 heavy (non-hydrogen) atoms. The van der Waals surface area contributed by atoms with Gasteiger partial charge in [-0.25, -0.2) is 17.8 Å². The zero-order valence-corrected chi connectivity index (χ0v) is 12.7. The van der Waals surface area contributed by atoms with Crippen LogP contribution in [0.2, 0.25) is 0 Å². The SMILES string of the molecule is CC/C(C)=C(/NCCCNS(C)(=O)=O)c1nonc1N. The third-order valence-electron chi connectivity index (χ3n) is 2.73. The monoisotopic (exact) mass is 303 g/mol. The van der Waals surface area contributed by atoms with Gasteiger partial charge in [-0.05, 0) is 35.7 Å². The minimum absolute atomic E-state index is 0.231. The maximum Gasteiger partial charge on any atom is 0.208 e. The molecule has 0 aliphatic rings. The summed E-state index contributed by atoms with van der Waals surface area (Å²) in [7, 11) is -3.14. The predicted molar refractivity (Wildman–Crippen MR) is 77.1 cm³/mol. The van der Waals surface area contributed by atoms with Crippen LogP contribution in [0.5, 0.6) is 0 Å². The molecular weight excluding hydrogens is 282 g/mol. The van der Waals surface area contributed by atoms with Crippen LogP contribution in [-0.2, 0) is 10.0 Å². The highest BCUT2D eigenvalue weighted by Crippen LogP contribution is 2.20. The van der Waals surface area contributed by atoms with Crippen LogP contribution in [0, 0.1) is 0 Å². The molecule has 0 aromatic carbocycles. The molecule has 0 fully saturated rings. The maximum atomic E-state index is 10.9. The number of sulfonamides is 1. The van der Waals surface area contributed by atoms with E-state index in [1.807, 2.05) is 13.8 Å². The van der Waals surface area contributed by atoms with Crippen LogP contribution >= 0.6 is 0 Å². The van der Waals surface area contributed by atoms with E-state index in [4.69, 9.17) is 5.73 Å². The van der Waals surface area contributed by atoms with E-state index >= 15 is 0 Å². The topological polar surface area (TPSA) is 123 Å². The molecule has 9 heteroatoms. The van der Waals surface area contributed by atoms with E-state index < -0.39 is 10.0 Å². The number of rotatable bonds is 8. The van der Waals surface area contributed by atoms with Crippen molar-refractivity contribution in [3.8, 4) is 0 Å². The van der Waals surface area contributed by atoms with Crippen LogP contribution in [-0.4, -0.2) is 38.1 Å². The normalized spacial score (nSPS) is 13.2. The number of aromatic nitrogens is 2. The molecule has 4 N–H and O–H groups in total. The molecule has 1 heterocycles. The Hall–Kier alpha value is -1.61. The summed E-state index contributed by atoms with van der Waals surface area (Å²) >= 11 is 0. The zero-order chi connectivity index (χ0) is 15.2. The Bertz CT molecular complexity index is 564. The average molecular weight is 303 g/mol. The van der Waals surface area contributed by atoms with E-state index in [0.29, 0.717) is 25.2 Å². The number of anilines is 1. The molecule has 0 amide bonds. The fraction of sp³-hybridized carbons (Fsp3) is 0.636. The Morgan fingerprint density at radius 1 is 1.35 bits per heavy atom. The van der Waals surface area contributed by atoms with Gasteiger partial charge in [0.25, 0.3) is 0 Å². The van der Waals surface area contributed by atoms with E-state index in [9.17, 15) is 8.42 Å². The van der Waals surface area contributed by atoms with Gasteiger partial charge in [0.1, 0.15) is 0 Å². The van der Waals surface area contributed by atoms with Crippen LogP contribution in [0.1, 0.15) is 32.4 Å². The maximum absolute atomic E-state index is 10.9. The van der Waals surface area contributed by atoms with Gasteiger partial charge >= 0.3 is 0 Å². The van der Waals surface area contributed by atoms with Gasteiger partial charge in [-0.1, -0.05) is 6.92 Å². The molecule has 0 unspecified atom stereocenters. The van der Waals surface area contributed by atoms with E-state index in [-0.39, 0.29) is 5.82 Å². The molecule has 1 aromatic rings. The Kier molecular flexibility index (Phi) is 5.96.